The number of amides is 4. The van der Waals surface area contributed by atoms with E-state index >= 15 is 0 Å². The number of carbonyl (C=O) groups is 4. The van der Waals surface area contributed by atoms with Gasteiger partial charge in [0.2, 0.25) is 5.91 Å². The van der Waals surface area contributed by atoms with Crippen LogP contribution < -0.4 is 20.1 Å². The normalized spacial score (nSPS) is 13.8. The number of carbonyl (C=O) groups excluding carboxylic acids is 4. The summed E-state index contributed by atoms with van der Waals surface area (Å²) in [7, 11) is 0. The Morgan fingerprint density at radius 2 is 1.40 bits per heavy atom. The van der Waals surface area contributed by atoms with Crippen molar-refractivity contribution in [1.29, 1.82) is 0 Å². The predicted molar refractivity (Wildman–Crippen MR) is 165 cm³/mol. The molecule has 9 nitrogen and oxygen atoms in total. The fourth-order valence-corrected chi connectivity index (χ4v) is 4.95. The van der Waals surface area contributed by atoms with Crippen LogP contribution in [0.2, 0.25) is 0 Å². The van der Waals surface area contributed by atoms with Gasteiger partial charge < -0.3 is 20.1 Å². The first kappa shape index (κ1) is 30.4. The summed E-state index contributed by atoms with van der Waals surface area (Å²) in [4.78, 5) is 51.7. The highest BCUT2D eigenvalue weighted by Gasteiger charge is 2.36. The first-order valence-electron chi connectivity index (χ1n) is 13.4. The van der Waals surface area contributed by atoms with E-state index in [0.29, 0.717) is 35.0 Å². The molecular weight excluding hydrogens is 554 g/mol. The van der Waals surface area contributed by atoms with Gasteiger partial charge in [-0.3, -0.25) is 24.1 Å². The summed E-state index contributed by atoms with van der Waals surface area (Å²) in [6.07, 6.45) is 1.56. The quantitative estimate of drug-likeness (QED) is 0.279. The van der Waals surface area contributed by atoms with Crippen LogP contribution in [0.3, 0.4) is 0 Å². The Labute approximate surface area is 249 Å². The van der Waals surface area contributed by atoms with E-state index in [2.05, 4.69) is 10.6 Å². The number of nitrogens with zero attached hydrogens (tertiary/aromatic N) is 1. The molecule has 2 N–H and O–H groups in total. The van der Waals surface area contributed by atoms with Gasteiger partial charge in [-0.1, -0.05) is 18.2 Å². The molecule has 3 aromatic carbocycles. The molecule has 1 aliphatic rings. The van der Waals surface area contributed by atoms with E-state index in [1.54, 1.807) is 30.3 Å². The number of imide groups is 1. The number of nitrogens with one attached hydrogen (secondary N) is 2. The first-order chi connectivity index (χ1) is 20.0. The minimum atomic E-state index is -0.554. The fraction of sp³-hybridized carbons (Fsp3) is 0.250. The molecule has 0 unspecified atom stereocenters. The van der Waals surface area contributed by atoms with Gasteiger partial charge in [0.05, 0.1) is 11.5 Å². The molecule has 218 valence electrons. The molecule has 0 saturated carbocycles. The Morgan fingerprint density at radius 1 is 0.786 bits per heavy atom. The molecule has 4 amide bonds. The topological polar surface area (TPSA) is 114 Å². The average Bonchev–Trinajstić information content (AvgIpc) is 3.19. The van der Waals surface area contributed by atoms with E-state index in [4.69, 9.17) is 9.47 Å². The van der Waals surface area contributed by atoms with Crippen LogP contribution in [-0.2, 0) is 14.4 Å². The monoisotopic (exact) mass is 587 g/mol. The fourth-order valence-electron chi connectivity index (χ4n) is 4.11. The number of hydrogen-bond acceptors (Lipinski definition) is 7. The highest BCUT2D eigenvalue weighted by Crippen LogP contribution is 2.35. The predicted octanol–water partition coefficient (Wildman–Crippen LogP) is 6.01. The van der Waals surface area contributed by atoms with Crippen LogP contribution in [0.25, 0.3) is 6.08 Å². The number of benzene rings is 3. The Bertz CT molecular complexity index is 1580. The summed E-state index contributed by atoms with van der Waals surface area (Å²) in [6, 6.07) is 16.2. The molecule has 0 atom stereocenters. The zero-order chi connectivity index (χ0) is 30.4. The molecule has 1 aliphatic heterocycles. The standard InChI is InChI=1S/C32H33N3O6S/c1-6-40-27-15-23(9-12-26(27)41-18-30(37)34-25-11-8-20(3)22(5)14-25)16-28-31(38)35(32(39)42-28)17-29(36)33-24-10-7-19(2)21(4)13-24/h7-16H,6,17-18H2,1-5H3,(H,33,36)(H,34,37)/b28-16+. The van der Waals surface area contributed by atoms with E-state index in [-0.39, 0.29) is 17.4 Å². The highest BCUT2D eigenvalue weighted by atomic mass is 32.2. The number of ether oxygens (including phenoxy) is 2. The van der Waals surface area contributed by atoms with Crippen molar-refractivity contribution in [2.45, 2.75) is 34.6 Å². The molecule has 10 heteroatoms. The summed E-state index contributed by atoms with van der Waals surface area (Å²) < 4.78 is 11.4. The molecule has 1 fully saturated rings. The van der Waals surface area contributed by atoms with Crippen LogP contribution in [0.4, 0.5) is 16.2 Å². The van der Waals surface area contributed by atoms with Crippen molar-refractivity contribution in [2.24, 2.45) is 0 Å². The lowest BCUT2D eigenvalue weighted by Crippen LogP contribution is -2.36. The van der Waals surface area contributed by atoms with Crippen LogP contribution in [0, 0.1) is 27.7 Å². The summed E-state index contributed by atoms with van der Waals surface area (Å²) >= 11 is 0.763. The van der Waals surface area contributed by atoms with Crippen molar-refractivity contribution in [3.8, 4) is 11.5 Å². The average molecular weight is 588 g/mol. The van der Waals surface area contributed by atoms with Crippen LogP contribution >= 0.6 is 11.8 Å². The van der Waals surface area contributed by atoms with Crippen molar-refractivity contribution in [1.82, 2.24) is 4.90 Å². The molecule has 1 saturated heterocycles. The van der Waals surface area contributed by atoms with Gasteiger partial charge in [0.1, 0.15) is 6.54 Å². The molecule has 0 bridgehead atoms. The Hall–Kier alpha value is -4.57. The van der Waals surface area contributed by atoms with Crippen molar-refractivity contribution < 1.29 is 28.7 Å². The SMILES string of the molecule is CCOc1cc(/C=C2/SC(=O)N(CC(=O)Nc3ccc(C)c(C)c3)C2=O)ccc1OCC(=O)Nc1ccc(C)c(C)c1. The molecule has 1 heterocycles. The van der Waals surface area contributed by atoms with E-state index in [0.717, 1.165) is 38.9 Å². The molecule has 0 radical (unpaired) electrons. The molecule has 0 aliphatic carbocycles. The minimum Gasteiger partial charge on any atom is -0.490 e. The molecule has 0 aromatic heterocycles. The highest BCUT2D eigenvalue weighted by molar-refractivity contribution is 8.18. The number of hydrogen-bond donors (Lipinski definition) is 2. The second-order valence-electron chi connectivity index (χ2n) is 9.89. The number of thioether (sulfide) groups is 1. The summed E-state index contributed by atoms with van der Waals surface area (Å²) in [5.41, 5.74) is 6.19. The first-order valence-corrected chi connectivity index (χ1v) is 14.2. The van der Waals surface area contributed by atoms with Crippen LogP contribution in [-0.4, -0.2) is 47.6 Å². The summed E-state index contributed by atoms with van der Waals surface area (Å²) in [5, 5.41) is 5.03. The zero-order valence-electron chi connectivity index (χ0n) is 24.2. The van der Waals surface area contributed by atoms with Gasteiger partial charge in [0.15, 0.2) is 18.1 Å². The molecule has 0 spiro atoms. The Kier molecular flexibility index (Phi) is 9.69. The van der Waals surface area contributed by atoms with Gasteiger partial charge in [0.25, 0.3) is 17.1 Å². The van der Waals surface area contributed by atoms with Gasteiger partial charge in [-0.2, -0.15) is 0 Å². The largest absolute Gasteiger partial charge is 0.490 e. The van der Waals surface area contributed by atoms with Crippen molar-refractivity contribution in [3.05, 3.63) is 87.3 Å². The molecule has 4 rings (SSSR count). The smallest absolute Gasteiger partial charge is 0.294 e. The number of rotatable bonds is 10. The van der Waals surface area contributed by atoms with Gasteiger partial charge in [0, 0.05) is 11.4 Å². The molecular formula is C32H33N3O6S. The van der Waals surface area contributed by atoms with E-state index < -0.39 is 23.6 Å². The minimum absolute atomic E-state index is 0.183. The van der Waals surface area contributed by atoms with Gasteiger partial charge in [-0.05, 0) is 117 Å². The second-order valence-corrected chi connectivity index (χ2v) is 10.9. The third-order valence-electron chi connectivity index (χ3n) is 6.68. The maximum Gasteiger partial charge on any atom is 0.294 e. The summed E-state index contributed by atoms with van der Waals surface area (Å²) in [6.45, 7) is 9.43. The van der Waals surface area contributed by atoms with Gasteiger partial charge >= 0.3 is 0 Å². The van der Waals surface area contributed by atoms with Crippen LogP contribution in [0.5, 0.6) is 11.5 Å². The lowest BCUT2D eigenvalue weighted by Gasteiger charge is -2.14. The zero-order valence-corrected chi connectivity index (χ0v) is 25.0. The van der Waals surface area contributed by atoms with E-state index in [1.807, 2.05) is 65.0 Å². The molecule has 3 aromatic rings. The molecule has 42 heavy (non-hydrogen) atoms. The van der Waals surface area contributed by atoms with Crippen molar-refractivity contribution >= 4 is 52.2 Å². The third kappa shape index (κ3) is 7.58. The maximum absolute atomic E-state index is 13.0. The van der Waals surface area contributed by atoms with E-state index in [1.165, 1.54) is 0 Å². The lowest BCUT2D eigenvalue weighted by atomic mass is 10.1. The lowest BCUT2D eigenvalue weighted by molar-refractivity contribution is -0.127. The van der Waals surface area contributed by atoms with Crippen molar-refractivity contribution in [3.63, 3.8) is 0 Å². The summed E-state index contributed by atoms with van der Waals surface area (Å²) in [5.74, 6) is -0.595. The third-order valence-corrected chi connectivity index (χ3v) is 7.59. The number of anilines is 2. The Morgan fingerprint density at radius 3 is 2.00 bits per heavy atom. The van der Waals surface area contributed by atoms with Crippen LogP contribution in [0.15, 0.2) is 59.5 Å². The number of aryl methyl sites for hydroxylation is 4. The Balaban J connectivity index is 1.40. The van der Waals surface area contributed by atoms with Gasteiger partial charge in [-0.25, -0.2) is 0 Å². The van der Waals surface area contributed by atoms with Gasteiger partial charge in [-0.15, -0.1) is 0 Å². The van der Waals surface area contributed by atoms with Crippen molar-refractivity contribution in [2.75, 3.05) is 30.4 Å². The maximum atomic E-state index is 13.0. The second kappa shape index (κ2) is 13.4. The van der Waals surface area contributed by atoms with Crippen LogP contribution in [0.1, 0.15) is 34.7 Å². The van der Waals surface area contributed by atoms with E-state index in [9.17, 15) is 19.2 Å².